The van der Waals surface area contributed by atoms with Crippen LogP contribution in [0, 0.1) is 14.3 Å². The minimum Gasteiger partial charge on any atom is -0.506 e. The van der Waals surface area contributed by atoms with E-state index in [2.05, 4.69) is 45.2 Å². The third-order valence-electron chi connectivity index (χ3n) is 2.55. The van der Waals surface area contributed by atoms with E-state index in [-0.39, 0.29) is 28.4 Å². The molecule has 2 N–H and O–H groups in total. The molecule has 0 aromatic heterocycles. The number of hydrogen-bond acceptors (Lipinski definition) is 3. The average Bonchev–Trinajstić information content (AvgIpc) is 2.37. The minimum atomic E-state index is -0.382. The zero-order valence-electron chi connectivity index (χ0n) is 9.62. The first-order valence-electron chi connectivity index (χ1n) is 5.22. The molecule has 7 heteroatoms. The third kappa shape index (κ3) is 3.51. The van der Waals surface area contributed by atoms with Gasteiger partial charge in [0.2, 0.25) is 5.78 Å². The Labute approximate surface area is 170 Å². The van der Waals surface area contributed by atoms with Crippen LogP contribution in [0.15, 0.2) is 24.3 Å². The van der Waals surface area contributed by atoms with Crippen LogP contribution in [0.2, 0.25) is 0 Å². The molecule has 0 spiro atoms. The number of hydrogen-bond donors (Lipinski definition) is 2. The monoisotopic (exact) mass is 718 g/mol. The quantitative estimate of drug-likeness (QED) is 0.349. The standard InChI is InChI=1S/C13H6I4O3/c14-5-1-7(12(19)9(16)3-5)11(18)8-2-6(15)4-10(17)13(8)20/h1-4,19-20H. The highest BCUT2D eigenvalue weighted by Gasteiger charge is 2.21. The van der Waals surface area contributed by atoms with Crippen molar-refractivity contribution >= 4 is 96.1 Å². The lowest BCUT2D eigenvalue weighted by Crippen LogP contribution is -2.05. The fourth-order valence-electron chi connectivity index (χ4n) is 1.62. The molecule has 0 bridgehead atoms. The Kier molecular flexibility index (Phi) is 5.79. The number of rotatable bonds is 2. The van der Waals surface area contributed by atoms with E-state index >= 15 is 0 Å². The summed E-state index contributed by atoms with van der Waals surface area (Å²) in [4.78, 5) is 12.6. The second kappa shape index (κ2) is 6.81. The second-order valence-electron chi connectivity index (χ2n) is 3.90. The number of phenolic OH excluding ortho intramolecular Hbond substituents is 2. The van der Waals surface area contributed by atoms with E-state index in [0.717, 1.165) is 7.14 Å². The Morgan fingerprint density at radius 1 is 0.750 bits per heavy atom. The van der Waals surface area contributed by atoms with Gasteiger partial charge in [-0.2, -0.15) is 0 Å². The maximum absolute atomic E-state index is 12.6. The molecule has 0 fully saturated rings. The van der Waals surface area contributed by atoms with Crippen molar-refractivity contribution in [2.24, 2.45) is 0 Å². The van der Waals surface area contributed by atoms with E-state index in [1.807, 2.05) is 45.2 Å². The van der Waals surface area contributed by atoms with Crippen LogP contribution in [-0.4, -0.2) is 16.0 Å². The molecule has 0 amide bonds. The van der Waals surface area contributed by atoms with Gasteiger partial charge < -0.3 is 10.2 Å². The number of benzene rings is 2. The molecule has 2 aromatic rings. The van der Waals surface area contributed by atoms with Crippen LogP contribution in [0.25, 0.3) is 0 Å². The largest absolute Gasteiger partial charge is 0.506 e. The summed E-state index contributed by atoms with van der Waals surface area (Å²) in [5.74, 6) is -0.485. The molecule has 0 aliphatic rings. The van der Waals surface area contributed by atoms with Gasteiger partial charge in [-0.1, -0.05) is 0 Å². The summed E-state index contributed by atoms with van der Waals surface area (Å²) in [6.45, 7) is 0. The molecular weight excluding hydrogens is 712 g/mol. The predicted molar refractivity (Wildman–Crippen MR) is 111 cm³/mol. The molecule has 0 aliphatic carbocycles. The topological polar surface area (TPSA) is 57.5 Å². The van der Waals surface area contributed by atoms with Gasteiger partial charge in [0, 0.05) is 7.14 Å². The van der Waals surface area contributed by atoms with Gasteiger partial charge in [0.15, 0.2) is 0 Å². The zero-order valence-corrected chi connectivity index (χ0v) is 18.3. The lowest BCUT2D eigenvalue weighted by atomic mass is 10.0. The van der Waals surface area contributed by atoms with E-state index in [4.69, 9.17) is 0 Å². The Bertz CT molecular complexity index is 654. The summed E-state index contributed by atoms with van der Waals surface area (Å²) >= 11 is 8.13. The molecule has 104 valence electrons. The van der Waals surface area contributed by atoms with Crippen molar-refractivity contribution in [3.05, 3.63) is 49.7 Å². The SMILES string of the molecule is O=C(c1cc(I)cc(I)c1O)c1cc(I)cc(I)c1O. The lowest BCUT2D eigenvalue weighted by molar-refractivity contribution is 0.103. The summed E-state index contributed by atoms with van der Waals surface area (Å²) < 4.78 is 2.93. The van der Waals surface area contributed by atoms with Crippen LogP contribution in [0.3, 0.4) is 0 Å². The van der Waals surface area contributed by atoms with E-state index in [0.29, 0.717) is 7.14 Å². The van der Waals surface area contributed by atoms with Crippen molar-refractivity contribution in [3.63, 3.8) is 0 Å². The fourth-order valence-corrected chi connectivity index (χ4v) is 5.31. The molecule has 0 saturated carbocycles. The van der Waals surface area contributed by atoms with E-state index < -0.39 is 0 Å². The molecule has 0 aliphatic heterocycles. The first-order chi connectivity index (χ1) is 9.31. The first kappa shape index (κ1) is 17.0. The molecule has 3 nitrogen and oxygen atoms in total. The summed E-state index contributed by atoms with van der Waals surface area (Å²) in [5, 5.41) is 20.1. The van der Waals surface area contributed by atoms with Gasteiger partial charge in [0.1, 0.15) is 11.5 Å². The van der Waals surface area contributed by atoms with E-state index in [1.54, 1.807) is 24.3 Å². The number of carbonyl (C=O) groups is 1. The number of aromatic hydroxyl groups is 2. The van der Waals surface area contributed by atoms with Crippen LogP contribution < -0.4 is 0 Å². The molecule has 0 heterocycles. The molecule has 2 rings (SSSR count). The Morgan fingerprint density at radius 2 is 1.10 bits per heavy atom. The summed E-state index contributed by atoms with van der Waals surface area (Å²) in [6.07, 6.45) is 0. The highest BCUT2D eigenvalue weighted by atomic mass is 127. The van der Waals surface area contributed by atoms with Gasteiger partial charge in [-0.25, -0.2) is 0 Å². The van der Waals surface area contributed by atoms with Gasteiger partial charge >= 0.3 is 0 Å². The summed E-state index contributed by atoms with van der Waals surface area (Å²) in [6, 6.07) is 6.80. The molecule has 20 heavy (non-hydrogen) atoms. The van der Waals surface area contributed by atoms with Gasteiger partial charge in [-0.15, -0.1) is 0 Å². The van der Waals surface area contributed by atoms with Gasteiger partial charge in [-0.3, -0.25) is 4.79 Å². The van der Waals surface area contributed by atoms with Gasteiger partial charge in [0.05, 0.1) is 18.3 Å². The summed E-state index contributed by atoms with van der Waals surface area (Å²) in [7, 11) is 0. The van der Waals surface area contributed by atoms with Crippen molar-refractivity contribution in [3.8, 4) is 11.5 Å². The van der Waals surface area contributed by atoms with Crippen LogP contribution in [-0.2, 0) is 0 Å². The number of ketones is 1. The molecule has 2 aromatic carbocycles. The van der Waals surface area contributed by atoms with E-state index in [9.17, 15) is 15.0 Å². The number of halogens is 4. The van der Waals surface area contributed by atoms with Crippen molar-refractivity contribution in [1.29, 1.82) is 0 Å². The maximum atomic E-state index is 12.6. The van der Waals surface area contributed by atoms with Gasteiger partial charge in [-0.05, 0) is 115 Å². The number of carbonyl (C=O) groups excluding carboxylic acids is 1. The average molecular weight is 718 g/mol. The van der Waals surface area contributed by atoms with Crippen LogP contribution in [0.4, 0.5) is 0 Å². The Hall–Kier alpha value is 0.630. The second-order valence-corrected chi connectivity index (χ2v) is 8.71. The highest BCUT2D eigenvalue weighted by molar-refractivity contribution is 14.1. The molecule has 0 atom stereocenters. The summed E-state index contributed by atoms with van der Waals surface area (Å²) in [5.41, 5.74) is 0.406. The fraction of sp³-hybridized carbons (Fsp3) is 0. The van der Waals surface area contributed by atoms with Crippen molar-refractivity contribution in [1.82, 2.24) is 0 Å². The van der Waals surface area contributed by atoms with Gasteiger partial charge in [0.25, 0.3) is 0 Å². The smallest absolute Gasteiger partial charge is 0.200 e. The lowest BCUT2D eigenvalue weighted by Gasteiger charge is -2.10. The van der Waals surface area contributed by atoms with Crippen molar-refractivity contribution < 1.29 is 15.0 Å². The van der Waals surface area contributed by atoms with Crippen molar-refractivity contribution in [2.75, 3.05) is 0 Å². The first-order valence-corrected chi connectivity index (χ1v) is 9.53. The van der Waals surface area contributed by atoms with Crippen LogP contribution in [0.1, 0.15) is 15.9 Å². The zero-order chi connectivity index (χ0) is 15.0. The molecule has 0 radical (unpaired) electrons. The molecule has 0 saturated heterocycles. The van der Waals surface area contributed by atoms with E-state index in [1.165, 1.54) is 0 Å². The highest BCUT2D eigenvalue weighted by Crippen LogP contribution is 2.33. The predicted octanol–water partition coefficient (Wildman–Crippen LogP) is 4.75. The molecule has 0 unspecified atom stereocenters. The van der Waals surface area contributed by atoms with Crippen molar-refractivity contribution in [2.45, 2.75) is 0 Å². The minimum absolute atomic E-state index is 0.0516. The maximum Gasteiger partial charge on any atom is 0.200 e. The normalized spacial score (nSPS) is 10.6. The molecular formula is C13H6I4O3. The number of phenols is 2. The Morgan fingerprint density at radius 3 is 1.45 bits per heavy atom. The third-order valence-corrected chi connectivity index (χ3v) is 5.44. The van der Waals surface area contributed by atoms with Crippen LogP contribution in [0.5, 0.6) is 11.5 Å². The van der Waals surface area contributed by atoms with Crippen LogP contribution >= 0.6 is 90.4 Å². The Balaban J connectivity index is 2.64.